The van der Waals surface area contributed by atoms with Gasteiger partial charge in [-0.1, -0.05) is 17.3 Å². The summed E-state index contributed by atoms with van der Waals surface area (Å²) < 4.78 is 11.4. The maximum Gasteiger partial charge on any atom is 0.265 e. The summed E-state index contributed by atoms with van der Waals surface area (Å²) >= 11 is 1.59. The van der Waals surface area contributed by atoms with Crippen LogP contribution in [0.3, 0.4) is 0 Å². The van der Waals surface area contributed by atoms with E-state index in [4.69, 9.17) is 9.26 Å². The van der Waals surface area contributed by atoms with Crippen LogP contribution >= 0.6 is 11.3 Å². The molecule has 0 saturated carbocycles. The maximum atomic E-state index is 14.0. The molecule has 168 valence electrons. The fraction of sp³-hybridized carbons (Fsp3) is 0.250. The Morgan fingerprint density at radius 1 is 1.15 bits per heavy atom. The zero-order chi connectivity index (χ0) is 23.3. The van der Waals surface area contributed by atoms with Gasteiger partial charge in [0.05, 0.1) is 39.4 Å². The molecule has 1 aromatic carbocycles. The molecule has 9 heteroatoms. The van der Waals surface area contributed by atoms with Crippen LogP contribution in [-0.2, 0) is 4.79 Å². The van der Waals surface area contributed by atoms with Crippen LogP contribution in [0.2, 0.25) is 0 Å². The number of carbonyl (C=O) groups excluding carboxylic acids is 2. The molecule has 0 radical (unpaired) electrons. The molecule has 2 amide bonds. The number of benzene rings is 1. The molecule has 33 heavy (non-hydrogen) atoms. The second kappa shape index (κ2) is 8.00. The number of thiophene rings is 1. The second-order valence-corrected chi connectivity index (χ2v) is 9.42. The van der Waals surface area contributed by atoms with Gasteiger partial charge in [0, 0.05) is 19.0 Å². The van der Waals surface area contributed by atoms with Crippen molar-refractivity contribution in [3.63, 3.8) is 0 Å². The zero-order valence-corrected chi connectivity index (χ0v) is 19.5. The standard InChI is InChI=1S/C24H22N4O4S/c1-13-9-10-20(33-13)16-11-15(21-14(2)26-32-22(21)25-16)23(29)28-12-19(24(30)27(3)4)31-18-8-6-5-7-17(18)28/h5-11,19H,12H2,1-4H3. The van der Waals surface area contributed by atoms with E-state index in [1.807, 2.05) is 37.3 Å². The molecule has 0 saturated heterocycles. The van der Waals surface area contributed by atoms with Crippen LogP contribution in [0.1, 0.15) is 20.9 Å². The van der Waals surface area contributed by atoms with Crippen molar-refractivity contribution in [3.8, 4) is 16.3 Å². The molecule has 1 unspecified atom stereocenters. The Kier molecular flexibility index (Phi) is 5.13. The lowest BCUT2D eigenvalue weighted by Gasteiger charge is -2.35. The van der Waals surface area contributed by atoms with Crippen LogP contribution < -0.4 is 9.64 Å². The quantitative estimate of drug-likeness (QED) is 0.456. The van der Waals surface area contributed by atoms with Crippen LogP contribution in [0.5, 0.6) is 5.75 Å². The average molecular weight is 463 g/mol. The van der Waals surface area contributed by atoms with E-state index in [1.54, 1.807) is 49.4 Å². The van der Waals surface area contributed by atoms with Crippen molar-refractivity contribution in [2.24, 2.45) is 0 Å². The number of ether oxygens (including phenoxy) is 1. The lowest BCUT2D eigenvalue weighted by molar-refractivity contribution is -0.135. The van der Waals surface area contributed by atoms with E-state index in [-0.39, 0.29) is 18.4 Å². The van der Waals surface area contributed by atoms with Crippen molar-refractivity contribution in [1.29, 1.82) is 0 Å². The van der Waals surface area contributed by atoms with Crippen LogP contribution in [0.25, 0.3) is 21.7 Å². The fourth-order valence-electron chi connectivity index (χ4n) is 3.95. The van der Waals surface area contributed by atoms with Crippen molar-refractivity contribution in [1.82, 2.24) is 15.0 Å². The summed E-state index contributed by atoms with van der Waals surface area (Å²) in [5.41, 5.74) is 2.56. The van der Waals surface area contributed by atoms with Crippen molar-refractivity contribution in [3.05, 3.63) is 58.6 Å². The van der Waals surface area contributed by atoms with Gasteiger partial charge < -0.3 is 19.1 Å². The number of nitrogens with zero attached hydrogens (tertiary/aromatic N) is 4. The summed E-state index contributed by atoms with van der Waals surface area (Å²) in [6, 6.07) is 13.0. The van der Waals surface area contributed by atoms with Crippen LogP contribution in [0.4, 0.5) is 5.69 Å². The number of likely N-dealkylation sites (N-methyl/N-ethyl adjacent to an activating group) is 1. The number of anilines is 1. The molecule has 4 heterocycles. The number of fused-ring (bicyclic) bond motifs is 2. The van der Waals surface area contributed by atoms with Crippen LogP contribution in [0.15, 0.2) is 47.0 Å². The Hall–Kier alpha value is -3.72. The highest BCUT2D eigenvalue weighted by Crippen LogP contribution is 2.37. The molecule has 1 aliphatic heterocycles. The predicted molar refractivity (Wildman–Crippen MR) is 126 cm³/mol. The first kappa shape index (κ1) is 21.1. The largest absolute Gasteiger partial charge is 0.476 e. The lowest BCUT2D eigenvalue weighted by atomic mass is 10.1. The molecule has 0 bridgehead atoms. The van der Waals surface area contributed by atoms with Gasteiger partial charge in [-0.2, -0.15) is 0 Å². The van der Waals surface area contributed by atoms with Gasteiger partial charge in [-0.05, 0) is 44.2 Å². The minimum Gasteiger partial charge on any atom is -0.476 e. The topological polar surface area (TPSA) is 88.8 Å². The number of para-hydroxylation sites is 2. The Morgan fingerprint density at radius 3 is 2.67 bits per heavy atom. The Labute approximate surface area is 194 Å². The molecule has 0 aliphatic carbocycles. The van der Waals surface area contributed by atoms with E-state index in [2.05, 4.69) is 10.1 Å². The van der Waals surface area contributed by atoms with Gasteiger partial charge in [0.25, 0.3) is 17.5 Å². The van der Waals surface area contributed by atoms with Crippen LogP contribution in [0, 0.1) is 13.8 Å². The van der Waals surface area contributed by atoms with E-state index in [9.17, 15) is 9.59 Å². The van der Waals surface area contributed by atoms with E-state index >= 15 is 0 Å². The number of rotatable bonds is 3. The molecular formula is C24H22N4O4S. The average Bonchev–Trinajstić information content (AvgIpc) is 3.42. The molecular weight excluding hydrogens is 440 g/mol. The smallest absolute Gasteiger partial charge is 0.265 e. The highest BCUT2D eigenvalue weighted by molar-refractivity contribution is 7.15. The van der Waals surface area contributed by atoms with E-state index in [0.717, 1.165) is 9.75 Å². The number of hydrogen-bond acceptors (Lipinski definition) is 7. The summed E-state index contributed by atoms with van der Waals surface area (Å²) in [7, 11) is 3.33. The van der Waals surface area contributed by atoms with E-state index in [1.165, 1.54) is 4.90 Å². The Morgan fingerprint density at radius 2 is 1.94 bits per heavy atom. The van der Waals surface area contributed by atoms with Crippen molar-refractivity contribution in [2.45, 2.75) is 20.0 Å². The van der Waals surface area contributed by atoms with Gasteiger partial charge in [0.2, 0.25) is 0 Å². The monoisotopic (exact) mass is 462 g/mol. The number of pyridine rings is 1. The number of amides is 2. The summed E-state index contributed by atoms with van der Waals surface area (Å²) in [6.07, 6.45) is -0.806. The predicted octanol–water partition coefficient (Wildman–Crippen LogP) is 4.06. The Balaban J connectivity index is 1.64. The summed E-state index contributed by atoms with van der Waals surface area (Å²) in [6.45, 7) is 3.89. The maximum absolute atomic E-state index is 14.0. The molecule has 4 aromatic rings. The minimum atomic E-state index is -0.806. The van der Waals surface area contributed by atoms with Gasteiger partial charge >= 0.3 is 0 Å². The van der Waals surface area contributed by atoms with E-state index in [0.29, 0.717) is 39.5 Å². The van der Waals surface area contributed by atoms with Crippen molar-refractivity contribution >= 4 is 39.9 Å². The second-order valence-electron chi connectivity index (χ2n) is 8.14. The first-order chi connectivity index (χ1) is 15.8. The first-order valence-corrected chi connectivity index (χ1v) is 11.3. The lowest BCUT2D eigenvalue weighted by Crippen LogP contribution is -2.50. The molecule has 1 aliphatic rings. The number of aromatic nitrogens is 2. The van der Waals surface area contributed by atoms with Crippen molar-refractivity contribution < 1.29 is 18.8 Å². The normalized spacial score (nSPS) is 15.3. The van der Waals surface area contributed by atoms with Gasteiger partial charge in [-0.25, -0.2) is 4.98 Å². The number of carbonyl (C=O) groups is 2. The van der Waals surface area contributed by atoms with Gasteiger partial charge in [-0.15, -0.1) is 11.3 Å². The first-order valence-electron chi connectivity index (χ1n) is 10.5. The SMILES string of the molecule is Cc1ccc(-c2cc(C(=O)N3CC(C(=O)N(C)C)Oc4ccccc43)c3c(C)noc3n2)s1. The highest BCUT2D eigenvalue weighted by atomic mass is 32.1. The molecule has 1 atom stereocenters. The van der Waals surface area contributed by atoms with Crippen molar-refractivity contribution in [2.75, 3.05) is 25.5 Å². The minimum absolute atomic E-state index is 0.0917. The number of hydrogen-bond donors (Lipinski definition) is 0. The third-order valence-corrected chi connectivity index (χ3v) is 6.60. The van der Waals surface area contributed by atoms with Gasteiger partial charge in [-0.3, -0.25) is 9.59 Å². The molecule has 0 N–H and O–H groups in total. The molecule has 8 nitrogen and oxygen atoms in total. The number of aryl methyl sites for hydroxylation is 2. The third kappa shape index (κ3) is 3.64. The molecule has 3 aromatic heterocycles. The molecule has 0 fully saturated rings. The fourth-order valence-corrected chi connectivity index (χ4v) is 4.78. The zero-order valence-electron chi connectivity index (χ0n) is 18.7. The third-order valence-electron chi connectivity index (χ3n) is 5.58. The van der Waals surface area contributed by atoms with E-state index < -0.39 is 6.10 Å². The highest BCUT2D eigenvalue weighted by Gasteiger charge is 2.36. The summed E-state index contributed by atoms with van der Waals surface area (Å²) in [5.74, 6) is 0.00682. The summed E-state index contributed by atoms with van der Waals surface area (Å²) in [5, 5.41) is 4.61. The van der Waals surface area contributed by atoms with Crippen LogP contribution in [-0.4, -0.2) is 53.6 Å². The molecule has 0 spiro atoms. The Bertz CT molecular complexity index is 1390. The van der Waals surface area contributed by atoms with Gasteiger partial charge in [0.1, 0.15) is 5.75 Å². The summed E-state index contributed by atoms with van der Waals surface area (Å²) in [4.78, 5) is 36.4. The molecule has 5 rings (SSSR count). The van der Waals surface area contributed by atoms with Gasteiger partial charge in [0.15, 0.2) is 6.10 Å².